The highest BCUT2D eigenvalue weighted by molar-refractivity contribution is 5.79. The molecule has 0 bridgehead atoms. The average Bonchev–Trinajstić information content (AvgIpc) is 3.13. The normalized spacial score (nSPS) is 21.3. The average molecular weight is 262 g/mol. The van der Waals surface area contributed by atoms with Gasteiger partial charge in [-0.2, -0.15) is 0 Å². The number of aromatic amines is 1. The number of aromatic nitrogens is 2. The first kappa shape index (κ1) is 11.7. The zero-order chi connectivity index (χ0) is 13.7. The number of imidazole rings is 1. The summed E-state index contributed by atoms with van der Waals surface area (Å²) in [5.41, 5.74) is 6.30. The van der Waals surface area contributed by atoms with Crippen molar-refractivity contribution in [2.45, 2.75) is 32.1 Å². The fourth-order valence-electron chi connectivity index (χ4n) is 3.23. The van der Waals surface area contributed by atoms with Crippen LogP contribution in [0.1, 0.15) is 40.8 Å². The van der Waals surface area contributed by atoms with Crippen molar-refractivity contribution in [1.29, 1.82) is 0 Å². The van der Waals surface area contributed by atoms with Crippen molar-refractivity contribution in [1.82, 2.24) is 9.97 Å². The molecule has 1 N–H and O–H groups in total. The second kappa shape index (κ2) is 4.20. The van der Waals surface area contributed by atoms with Gasteiger partial charge in [0.05, 0.1) is 11.0 Å². The second-order valence-corrected chi connectivity index (χ2v) is 5.96. The Bertz CT molecular complexity index is 771. The van der Waals surface area contributed by atoms with Crippen LogP contribution in [-0.4, -0.2) is 9.97 Å². The number of hydrogen-bond acceptors (Lipinski definition) is 1. The van der Waals surface area contributed by atoms with Gasteiger partial charge in [-0.15, -0.1) is 0 Å². The molecule has 4 rings (SSSR count). The Kier molecular flexibility index (Phi) is 2.46. The Labute approximate surface area is 118 Å². The van der Waals surface area contributed by atoms with E-state index in [0.29, 0.717) is 11.8 Å². The third-order valence-electron chi connectivity index (χ3n) is 4.31. The molecule has 1 aliphatic rings. The van der Waals surface area contributed by atoms with Gasteiger partial charge >= 0.3 is 0 Å². The second-order valence-electron chi connectivity index (χ2n) is 5.96. The molecular formula is C18H18N2. The summed E-state index contributed by atoms with van der Waals surface area (Å²) in [7, 11) is 0. The molecule has 2 aromatic carbocycles. The van der Waals surface area contributed by atoms with E-state index >= 15 is 0 Å². The lowest BCUT2D eigenvalue weighted by Gasteiger charge is -1.97. The molecule has 1 heterocycles. The summed E-state index contributed by atoms with van der Waals surface area (Å²) in [6, 6.07) is 15.2. The minimum Gasteiger partial charge on any atom is -0.342 e. The monoisotopic (exact) mass is 262 g/mol. The molecule has 0 spiro atoms. The van der Waals surface area contributed by atoms with Crippen LogP contribution in [0.15, 0.2) is 42.5 Å². The molecule has 1 aromatic heterocycles. The minimum absolute atomic E-state index is 0.560. The summed E-state index contributed by atoms with van der Waals surface area (Å²) in [6.45, 7) is 4.28. The summed E-state index contributed by atoms with van der Waals surface area (Å²) < 4.78 is 0. The Hall–Kier alpha value is -2.09. The maximum absolute atomic E-state index is 4.84. The van der Waals surface area contributed by atoms with Crippen LogP contribution in [0.25, 0.3) is 11.0 Å². The molecule has 1 aliphatic carbocycles. The highest BCUT2D eigenvalue weighted by Gasteiger charge is 2.41. The Morgan fingerprint density at radius 1 is 1.05 bits per heavy atom. The number of H-pyrrole nitrogens is 1. The minimum atomic E-state index is 0.560. The van der Waals surface area contributed by atoms with Crippen LogP contribution in [-0.2, 0) is 0 Å². The Morgan fingerprint density at radius 3 is 2.65 bits per heavy atom. The maximum Gasteiger partial charge on any atom is 0.111 e. The fraction of sp³-hybridized carbons (Fsp3) is 0.278. The van der Waals surface area contributed by atoms with E-state index < -0.39 is 0 Å². The van der Waals surface area contributed by atoms with Crippen LogP contribution in [0.2, 0.25) is 0 Å². The molecule has 2 unspecified atom stereocenters. The van der Waals surface area contributed by atoms with Crippen molar-refractivity contribution >= 4 is 11.0 Å². The van der Waals surface area contributed by atoms with Crippen LogP contribution in [0.3, 0.4) is 0 Å². The number of nitrogens with one attached hydrogen (secondary N) is 1. The molecule has 2 nitrogen and oxygen atoms in total. The summed E-state index contributed by atoms with van der Waals surface area (Å²) in [6.07, 6.45) is 1.21. The first-order valence-corrected chi connectivity index (χ1v) is 7.24. The Morgan fingerprint density at radius 2 is 1.85 bits per heavy atom. The van der Waals surface area contributed by atoms with E-state index in [2.05, 4.69) is 61.3 Å². The van der Waals surface area contributed by atoms with Gasteiger partial charge in [0.25, 0.3) is 0 Å². The van der Waals surface area contributed by atoms with Gasteiger partial charge < -0.3 is 4.98 Å². The molecule has 0 aliphatic heterocycles. The van der Waals surface area contributed by atoms with Crippen molar-refractivity contribution in [2.75, 3.05) is 0 Å². The van der Waals surface area contributed by atoms with E-state index in [1.54, 1.807) is 0 Å². The van der Waals surface area contributed by atoms with E-state index in [9.17, 15) is 0 Å². The van der Waals surface area contributed by atoms with Crippen molar-refractivity contribution in [3.05, 3.63) is 65.0 Å². The first-order valence-electron chi connectivity index (χ1n) is 7.24. The van der Waals surface area contributed by atoms with Crippen molar-refractivity contribution in [3.63, 3.8) is 0 Å². The van der Waals surface area contributed by atoms with Gasteiger partial charge in [0, 0.05) is 5.92 Å². The zero-order valence-corrected chi connectivity index (χ0v) is 11.9. The summed E-state index contributed by atoms with van der Waals surface area (Å²) in [4.78, 5) is 8.36. The summed E-state index contributed by atoms with van der Waals surface area (Å²) >= 11 is 0. The predicted molar refractivity (Wildman–Crippen MR) is 82.1 cm³/mol. The number of nitrogens with zero attached hydrogens (tertiary/aromatic N) is 1. The van der Waals surface area contributed by atoms with E-state index in [1.165, 1.54) is 28.6 Å². The number of fused-ring (bicyclic) bond motifs is 1. The maximum atomic E-state index is 4.84. The number of benzene rings is 2. The highest BCUT2D eigenvalue weighted by atomic mass is 14.9. The van der Waals surface area contributed by atoms with Gasteiger partial charge in [-0.25, -0.2) is 4.98 Å². The lowest BCUT2D eigenvalue weighted by molar-refractivity contribution is 0.937. The molecule has 100 valence electrons. The number of hydrogen-bond donors (Lipinski definition) is 1. The standard InChI is InChI=1S/C18H18N2/c1-11-8-12(2)17-16(9-11)19-18(20-17)15-10-14(15)13-6-4-3-5-7-13/h3-9,14-15H,10H2,1-2H3,(H,19,20). The Balaban J connectivity index is 1.69. The molecule has 0 radical (unpaired) electrons. The van der Waals surface area contributed by atoms with Crippen LogP contribution in [0.5, 0.6) is 0 Å². The SMILES string of the molecule is Cc1cc(C)c2nc(C3CC3c3ccccc3)[nH]c2c1. The molecular weight excluding hydrogens is 244 g/mol. The molecule has 3 aromatic rings. The highest BCUT2D eigenvalue weighted by Crippen LogP contribution is 2.53. The van der Waals surface area contributed by atoms with Gasteiger partial charge in [-0.1, -0.05) is 36.4 Å². The summed E-state index contributed by atoms with van der Waals surface area (Å²) in [5, 5.41) is 0. The topological polar surface area (TPSA) is 28.7 Å². The first-order chi connectivity index (χ1) is 9.72. The molecule has 20 heavy (non-hydrogen) atoms. The van der Waals surface area contributed by atoms with Gasteiger partial charge in [-0.3, -0.25) is 0 Å². The molecule has 2 heteroatoms. The molecule has 2 atom stereocenters. The third-order valence-corrected chi connectivity index (χ3v) is 4.31. The van der Waals surface area contributed by atoms with Crippen LogP contribution >= 0.6 is 0 Å². The van der Waals surface area contributed by atoms with Gasteiger partial charge in [-0.05, 0) is 48.9 Å². The fourth-order valence-corrected chi connectivity index (χ4v) is 3.23. The van der Waals surface area contributed by atoms with E-state index in [0.717, 1.165) is 11.3 Å². The lowest BCUT2D eigenvalue weighted by atomic mass is 10.1. The van der Waals surface area contributed by atoms with Gasteiger partial charge in [0.1, 0.15) is 5.82 Å². The summed E-state index contributed by atoms with van der Waals surface area (Å²) in [5.74, 6) is 2.35. The van der Waals surface area contributed by atoms with Crippen molar-refractivity contribution < 1.29 is 0 Å². The van der Waals surface area contributed by atoms with Crippen molar-refractivity contribution in [2.24, 2.45) is 0 Å². The quantitative estimate of drug-likeness (QED) is 0.726. The smallest absolute Gasteiger partial charge is 0.111 e. The van der Waals surface area contributed by atoms with Crippen LogP contribution in [0, 0.1) is 13.8 Å². The number of aryl methyl sites for hydroxylation is 2. The van der Waals surface area contributed by atoms with Gasteiger partial charge in [0.2, 0.25) is 0 Å². The largest absolute Gasteiger partial charge is 0.342 e. The molecule has 0 saturated heterocycles. The third kappa shape index (κ3) is 1.83. The van der Waals surface area contributed by atoms with Crippen molar-refractivity contribution in [3.8, 4) is 0 Å². The molecule has 0 amide bonds. The van der Waals surface area contributed by atoms with Crippen LogP contribution < -0.4 is 0 Å². The van der Waals surface area contributed by atoms with E-state index in [1.807, 2.05) is 0 Å². The number of rotatable bonds is 2. The van der Waals surface area contributed by atoms with Crippen LogP contribution in [0.4, 0.5) is 0 Å². The molecule has 1 fully saturated rings. The van der Waals surface area contributed by atoms with E-state index in [4.69, 9.17) is 4.98 Å². The molecule has 1 saturated carbocycles. The zero-order valence-electron chi connectivity index (χ0n) is 11.9. The van der Waals surface area contributed by atoms with E-state index in [-0.39, 0.29) is 0 Å². The van der Waals surface area contributed by atoms with Gasteiger partial charge in [0.15, 0.2) is 0 Å². The predicted octanol–water partition coefficient (Wildman–Crippen LogP) is 4.45. The lowest BCUT2D eigenvalue weighted by Crippen LogP contribution is -1.86.